The molecule has 280 valence electrons. The second-order valence-corrected chi connectivity index (χ2v) is 18.9. The van der Waals surface area contributed by atoms with Crippen molar-refractivity contribution in [3.05, 3.63) is 122 Å². The summed E-state index contributed by atoms with van der Waals surface area (Å²) in [7, 11) is 0. The van der Waals surface area contributed by atoms with Crippen LogP contribution < -0.4 is 9.80 Å². The van der Waals surface area contributed by atoms with Crippen molar-refractivity contribution in [1.82, 2.24) is 9.97 Å². The fourth-order valence-corrected chi connectivity index (χ4v) is 13.2. The molecule has 12 rings (SSSR count). The van der Waals surface area contributed by atoms with E-state index in [-0.39, 0.29) is 5.54 Å². The number of thiophene rings is 2. The van der Waals surface area contributed by atoms with Gasteiger partial charge in [-0.15, -0.1) is 22.7 Å². The van der Waals surface area contributed by atoms with Gasteiger partial charge in [-0.1, -0.05) is 99.2 Å². The van der Waals surface area contributed by atoms with Crippen molar-refractivity contribution >= 4 is 118 Å². The van der Waals surface area contributed by atoms with Gasteiger partial charge in [0.25, 0.3) is 0 Å². The Morgan fingerprint density at radius 3 is 1.67 bits per heavy atom. The van der Waals surface area contributed by atoms with E-state index in [2.05, 4.69) is 126 Å². The van der Waals surface area contributed by atoms with Crippen molar-refractivity contribution in [3.63, 3.8) is 0 Å². The van der Waals surface area contributed by atoms with Crippen LogP contribution in [0, 0.1) is 0 Å². The largest absolute Gasteiger partial charge is 0.337 e. The molecular formula is C51H44N4S2. The van der Waals surface area contributed by atoms with E-state index in [0.29, 0.717) is 6.04 Å². The summed E-state index contributed by atoms with van der Waals surface area (Å²) in [5, 5.41) is 13.2. The van der Waals surface area contributed by atoms with E-state index in [9.17, 15) is 0 Å². The Bertz CT molecular complexity index is 3150. The molecule has 6 heteroatoms. The van der Waals surface area contributed by atoms with Gasteiger partial charge in [0, 0.05) is 67.7 Å². The summed E-state index contributed by atoms with van der Waals surface area (Å²) in [6.45, 7) is 2.53. The molecule has 4 nitrogen and oxygen atoms in total. The standard InChI is InChI=1S/C51H44N4S2/c1-51(28-6-3-7-29-51)55(44-19-9-15-36-38-17-11-31-53-50(38)57-48(36)44)42-27-23-33-20-24-39-41(26-22-32-21-25-40(42)46(33)45(32)39)54(34-12-4-2-5-13-34)43-18-8-14-35-37-16-10-30-52-49(37)56-47(35)43/h8-11,14-27,30-31,34H,2-7,12-13,28-29H2,1H3. The summed E-state index contributed by atoms with van der Waals surface area (Å²) in [6.07, 6.45) is 16.3. The van der Waals surface area contributed by atoms with Crippen LogP contribution in [0.5, 0.6) is 0 Å². The quantitative estimate of drug-likeness (QED) is 0.157. The van der Waals surface area contributed by atoms with Crippen LogP contribution in [0.15, 0.2) is 122 Å². The van der Waals surface area contributed by atoms with E-state index in [4.69, 9.17) is 9.97 Å². The Kier molecular flexibility index (Phi) is 7.78. The molecule has 4 heterocycles. The first-order chi connectivity index (χ1) is 28.1. The van der Waals surface area contributed by atoms with Gasteiger partial charge in [0.1, 0.15) is 9.66 Å². The van der Waals surface area contributed by atoms with Gasteiger partial charge in [-0.3, -0.25) is 0 Å². The lowest BCUT2D eigenvalue weighted by Crippen LogP contribution is -2.45. The Labute approximate surface area is 340 Å². The SMILES string of the molecule is CC1(N(c2ccc3ccc4c(N(c5cccc6c5sc5ncccc56)C5CCCCC5)ccc5ccc2c3c54)c2cccc3c2sc2ncccc23)CCCCC1. The number of hydrogen-bond acceptors (Lipinski definition) is 6. The second-order valence-electron chi connectivity index (χ2n) is 16.9. The monoisotopic (exact) mass is 776 g/mol. The van der Waals surface area contributed by atoms with Gasteiger partial charge < -0.3 is 9.80 Å². The molecule has 0 amide bonds. The molecule has 0 unspecified atom stereocenters. The molecule has 10 aromatic rings. The van der Waals surface area contributed by atoms with Crippen LogP contribution in [-0.4, -0.2) is 21.5 Å². The van der Waals surface area contributed by atoms with Crippen LogP contribution in [0.25, 0.3) is 72.9 Å². The summed E-state index contributed by atoms with van der Waals surface area (Å²) in [4.78, 5) is 17.4. The minimum atomic E-state index is -0.0141. The molecular weight excluding hydrogens is 733 g/mol. The third kappa shape index (κ3) is 5.16. The van der Waals surface area contributed by atoms with Crippen molar-refractivity contribution in [1.29, 1.82) is 0 Å². The summed E-state index contributed by atoms with van der Waals surface area (Å²) in [5.41, 5.74) is 5.26. The van der Waals surface area contributed by atoms with Crippen LogP contribution in [0.4, 0.5) is 22.7 Å². The Morgan fingerprint density at radius 2 is 1.02 bits per heavy atom. The number of fused-ring (bicyclic) bond motifs is 6. The maximum Gasteiger partial charge on any atom is 0.124 e. The Morgan fingerprint density at radius 1 is 0.491 bits per heavy atom. The van der Waals surface area contributed by atoms with Crippen molar-refractivity contribution in [2.24, 2.45) is 0 Å². The summed E-state index contributed by atoms with van der Waals surface area (Å²) < 4.78 is 2.67. The third-order valence-corrected chi connectivity index (χ3v) is 15.8. The fraction of sp³-hybridized carbons (Fsp3) is 0.255. The van der Waals surface area contributed by atoms with E-state index < -0.39 is 0 Å². The lowest BCUT2D eigenvalue weighted by molar-refractivity contribution is 0.319. The van der Waals surface area contributed by atoms with Gasteiger partial charge in [-0.25, -0.2) is 9.97 Å². The molecule has 0 N–H and O–H groups in total. The summed E-state index contributed by atoms with van der Waals surface area (Å²) >= 11 is 3.69. The van der Waals surface area contributed by atoms with E-state index in [1.54, 1.807) is 0 Å². The topological polar surface area (TPSA) is 32.3 Å². The Hall–Kier alpha value is -5.30. The van der Waals surface area contributed by atoms with Gasteiger partial charge in [-0.2, -0.15) is 0 Å². The van der Waals surface area contributed by atoms with Gasteiger partial charge in [-0.05, 0) is 103 Å². The minimum absolute atomic E-state index is 0.0141. The van der Waals surface area contributed by atoms with E-state index in [1.807, 2.05) is 35.1 Å². The molecule has 0 saturated heterocycles. The first-order valence-electron chi connectivity index (χ1n) is 21.0. The Balaban J connectivity index is 1.11. The number of benzene rings is 6. The zero-order valence-electron chi connectivity index (χ0n) is 32.3. The van der Waals surface area contributed by atoms with Gasteiger partial charge >= 0.3 is 0 Å². The number of nitrogens with zero attached hydrogens (tertiary/aromatic N) is 4. The van der Waals surface area contributed by atoms with Crippen molar-refractivity contribution in [2.45, 2.75) is 82.7 Å². The maximum atomic E-state index is 4.83. The fourth-order valence-electron chi connectivity index (χ4n) is 10.9. The zero-order valence-corrected chi connectivity index (χ0v) is 33.9. The predicted octanol–water partition coefficient (Wildman–Crippen LogP) is 15.4. The molecule has 0 bridgehead atoms. The van der Waals surface area contributed by atoms with E-state index in [1.165, 1.54) is 150 Å². The normalized spacial score (nSPS) is 16.6. The van der Waals surface area contributed by atoms with Crippen LogP contribution in [0.1, 0.15) is 71.1 Å². The van der Waals surface area contributed by atoms with Crippen LogP contribution >= 0.6 is 22.7 Å². The molecule has 57 heavy (non-hydrogen) atoms. The zero-order chi connectivity index (χ0) is 37.7. The number of aromatic nitrogens is 2. The van der Waals surface area contributed by atoms with Crippen LogP contribution in [0.2, 0.25) is 0 Å². The molecule has 0 atom stereocenters. The molecule has 0 radical (unpaired) electrons. The van der Waals surface area contributed by atoms with Crippen LogP contribution in [-0.2, 0) is 0 Å². The van der Waals surface area contributed by atoms with Crippen molar-refractivity contribution in [2.75, 3.05) is 9.80 Å². The van der Waals surface area contributed by atoms with Gasteiger partial charge in [0.2, 0.25) is 0 Å². The molecule has 2 saturated carbocycles. The van der Waals surface area contributed by atoms with Crippen molar-refractivity contribution in [3.8, 4) is 0 Å². The molecule has 2 fully saturated rings. The third-order valence-electron chi connectivity index (χ3n) is 13.5. The number of anilines is 4. The van der Waals surface area contributed by atoms with Gasteiger partial charge in [0.15, 0.2) is 0 Å². The highest BCUT2D eigenvalue weighted by Crippen LogP contribution is 2.52. The summed E-state index contributed by atoms with van der Waals surface area (Å²) in [6, 6.07) is 42.2. The number of pyridine rings is 2. The number of hydrogen-bond donors (Lipinski definition) is 0. The number of rotatable bonds is 6. The second kappa shape index (κ2) is 13.1. The molecule has 0 spiro atoms. The maximum absolute atomic E-state index is 4.83. The molecule has 6 aromatic carbocycles. The van der Waals surface area contributed by atoms with E-state index in [0.717, 1.165) is 9.66 Å². The molecule has 0 aliphatic heterocycles. The minimum Gasteiger partial charge on any atom is -0.337 e. The first-order valence-corrected chi connectivity index (χ1v) is 22.6. The highest BCUT2D eigenvalue weighted by Gasteiger charge is 2.37. The lowest BCUT2D eigenvalue weighted by Gasteiger charge is -2.46. The predicted molar refractivity (Wildman–Crippen MR) is 247 cm³/mol. The highest BCUT2D eigenvalue weighted by molar-refractivity contribution is 7.26. The lowest BCUT2D eigenvalue weighted by atomic mass is 9.80. The first kappa shape index (κ1) is 33.8. The van der Waals surface area contributed by atoms with Crippen LogP contribution in [0.3, 0.4) is 0 Å². The average molecular weight is 777 g/mol. The smallest absolute Gasteiger partial charge is 0.124 e. The molecule has 2 aliphatic carbocycles. The van der Waals surface area contributed by atoms with Crippen molar-refractivity contribution < 1.29 is 0 Å². The molecule has 2 aliphatic rings. The summed E-state index contributed by atoms with van der Waals surface area (Å²) in [5.74, 6) is 0. The average Bonchev–Trinajstić information content (AvgIpc) is 3.84. The highest BCUT2D eigenvalue weighted by atomic mass is 32.1. The van der Waals surface area contributed by atoms with E-state index >= 15 is 0 Å². The molecule has 4 aromatic heterocycles. The van der Waals surface area contributed by atoms with Gasteiger partial charge in [0.05, 0.1) is 20.8 Å².